The molecule has 3 nitrogen and oxygen atoms in total. The fourth-order valence-corrected chi connectivity index (χ4v) is 2.84. The van der Waals surface area contributed by atoms with E-state index in [1.807, 2.05) is 0 Å². The van der Waals surface area contributed by atoms with Gasteiger partial charge in [0.25, 0.3) is 0 Å². The lowest BCUT2D eigenvalue weighted by Gasteiger charge is -2.25. The first kappa shape index (κ1) is 9.44. The van der Waals surface area contributed by atoms with Crippen LogP contribution in [0.5, 0.6) is 0 Å². The summed E-state index contributed by atoms with van der Waals surface area (Å²) in [5.41, 5.74) is 3.13. The molecule has 0 aromatic carbocycles. The van der Waals surface area contributed by atoms with Gasteiger partial charge in [-0.3, -0.25) is 0 Å². The molecule has 0 bridgehead atoms. The van der Waals surface area contributed by atoms with Crippen molar-refractivity contribution in [1.29, 1.82) is 0 Å². The van der Waals surface area contributed by atoms with Gasteiger partial charge in [-0.05, 0) is 38.1 Å². The molecule has 1 saturated heterocycles. The molecular formula is C10H20N2O. The Morgan fingerprint density at radius 1 is 1.23 bits per heavy atom. The van der Waals surface area contributed by atoms with Crippen LogP contribution in [0.25, 0.3) is 0 Å². The molecule has 2 aliphatic rings. The van der Waals surface area contributed by atoms with Crippen molar-refractivity contribution in [2.45, 2.75) is 44.2 Å². The molecule has 13 heavy (non-hydrogen) atoms. The third kappa shape index (κ3) is 2.03. The van der Waals surface area contributed by atoms with Gasteiger partial charge in [-0.25, -0.2) is 0 Å². The van der Waals surface area contributed by atoms with Crippen molar-refractivity contribution in [3.63, 3.8) is 0 Å². The maximum Gasteiger partial charge on any atom is 0.0572 e. The van der Waals surface area contributed by atoms with Crippen LogP contribution in [0.4, 0.5) is 0 Å². The SMILES string of the molecule is CONC1CCCC1C1CCCN1. The highest BCUT2D eigenvalue weighted by molar-refractivity contribution is 4.91. The van der Waals surface area contributed by atoms with Gasteiger partial charge in [0, 0.05) is 12.1 Å². The van der Waals surface area contributed by atoms with Crippen molar-refractivity contribution in [2.75, 3.05) is 13.7 Å². The van der Waals surface area contributed by atoms with Gasteiger partial charge in [0.05, 0.1) is 7.11 Å². The van der Waals surface area contributed by atoms with Crippen LogP contribution in [0.2, 0.25) is 0 Å². The van der Waals surface area contributed by atoms with Crippen molar-refractivity contribution in [3.05, 3.63) is 0 Å². The van der Waals surface area contributed by atoms with Crippen molar-refractivity contribution < 1.29 is 4.84 Å². The van der Waals surface area contributed by atoms with Crippen LogP contribution in [-0.2, 0) is 4.84 Å². The second kappa shape index (κ2) is 4.40. The van der Waals surface area contributed by atoms with Crippen molar-refractivity contribution in [3.8, 4) is 0 Å². The standard InChI is InChI=1S/C10H20N2O/c1-13-12-10-5-2-4-8(10)9-6-3-7-11-9/h8-12H,2-7H2,1H3. The van der Waals surface area contributed by atoms with Gasteiger partial charge < -0.3 is 10.2 Å². The molecule has 76 valence electrons. The Morgan fingerprint density at radius 2 is 2.15 bits per heavy atom. The van der Waals surface area contributed by atoms with E-state index in [0.717, 1.165) is 12.0 Å². The van der Waals surface area contributed by atoms with E-state index in [4.69, 9.17) is 4.84 Å². The fourth-order valence-electron chi connectivity index (χ4n) is 2.84. The number of rotatable bonds is 3. The third-order valence-electron chi connectivity index (χ3n) is 3.45. The molecule has 3 atom stereocenters. The summed E-state index contributed by atoms with van der Waals surface area (Å²) in [5, 5.41) is 3.59. The predicted octanol–water partition coefficient (Wildman–Crippen LogP) is 1.06. The summed E-state index contributed by atoms with van der Waals surface area (Å²) in [6.07, 6.45) is 6.69. The molecule has 0 spiro atoms. The summed E-state index contributed by atoms with van der Waals surface area (Å²) in [6.45, 7) is 1.21. The highest BCUT2D eigenvalue weighted by Gasteiger charge is 2.34. The van der Waals surface area contributed by atoms with Crippen LogP contribution in [0, 0.1) is 5.92 Å². The smallest absolute Gasteiger partial charge is 0.0572 e. The third-order valence-corrected chi connectivity index (χ3v) is 3.45. The van der Waals surface area contributed by atoms with Crippen LogP contribution >= 0.6 is 0 Å². The summed E-state index contributed by atoms with van der Waals surface area (Å²) < 4.78 is 0. The molecule has 1 aliphatic heterocycles. The molecule has 1 aliphatic carbocycles. The first-order valence-electron chi connectivity index (χ1n) is 5.43. The monoisotopic (exact) mass is 184 g/mol. The van der Waals surface area contributed by atoms with Crippen LogP contribution in [0.15, 0.2) is 0 Å². The lowest BCUT2D eigenvalue weighted by Crippen LogP contribution is -2.41. The van der Waals surface area contributed by atoms with Crippen LogP contribution in [-0.4, -0.2) is 25.7 Å². The first-order valence-corrected chi connectivity index (χ1v) is 5.43. The van der Waals surface area contributed by atoms with E-state index in [2.05, 4.69) is 10.8 Å². The molecule has 2 N–H and O–H groups in total. The molecule has 1 saturated carbocycles. The molecular weight excluding hydrogens is 164 g/mol. The van der Waals surface area contributed by atoms with E-state index in [0.29, 0.717) is 6.04 Å². The van der Waals surface area contributed by atoms with Crippen LogP contribution in [0.1, 0.15) is 32.1 Å². The molecule has 3 unspecified atom stereocenters. The van der Waals surface area contributed by atoms with Gasteiger partial charge in [-0.2, -0.15) is 5.48 Å². The van der Waals surface area contributed by atoms with Gasteiger partial charge in [0.2, 0.25) is 0 Å². The normalized spacial score (nSPS) is 39.9. The number of hydrogen-bond donors (Lipinski definition) is 2. The summed E-state index contributed by atoms with van der Waals surface area (Å²) in [7, 11) is 1.72. The Bertz CT molecular complexity index is 157. The minimum Gasteiger partial charge on any atom is -0.314 e. The average molecular weight is 184 g/mol. The zero-order valence-electron chi connectivity index (χ0n) is 8.38. The zero-order chi connectivity index (χ0) is 9.10. The van der Waals surface area contributed by atoms with Gasteiger partial charge in [-0.15, -0.1) is 0 Å². The lowest BCUT2D eigenvalue weighted by molar-refractivity contribution is 0.0439. The summed E-state index contributed by atoms with van der Waals surface area (Å²) in [4.78, 5) is 5.04. The maximum absolute atomic E-state index is 5.04. The van der Waals surface area contributed by atoms with E-state index in [-0.39, 0.29) is 0 Å². The van der Waals surface area contributed by atoms with E-state index in [1.165, 1.54) is 38.6 Å². The Labute approximate surface area is 80.2 Å². The van der Waals surface area contributed by atoms with Crippen molar-refractivity contribution >= 4 is 0 Å². The Kier molecular flexibility index (Phi) is 3.19. The Hall–Kier alpha value is -0.120. The Morgan fingerprint density at radius 3 is 2.85 bits per heavy atom. The molecule has 0 aromatic rings. The summed E-state index contributed by atoms with van der Waals surface area (Å²) >= 11 is 0. The molecule has 2 rings (SSSR count). The molecule has 1 heterocycles. The lowest BCUT2D eigenvalue weighted by atomic mass is 9.94. The minimum atomic E-state index is 0.584. The molecule has 0 aromatic heterocycles. The van der Waals surface area contributed by atoms with Crippen molar-refractivity contribution in [2.24, 2.45) is 5.92 Å². The first-order chi connectivity index (χ1) is 6.42. The fraction of sp³-hybridized carbons (Fsp3) is 1.00. The summed E-state index contributed by atoms with van der Waals surface area (Å²) in [6, 6.07) is 1.33. The molecule has 2 fully saturated rings. The Balaban J connectivity index is 1.88. The van der Waals surface area contributed by atoms with Gasteiger partial charge in [0.1, 0.15) is 0 Å². The van der Waals surface area contributed by atoms with Gasteiger partial charge in [0.15, 0.2) is 0 Å². The van der Waals surface area contributed by atoms with E-state index < -0.39 is 0 Å². The predicted molar refractivity (Wildman–Crippen MR) is 52.3 cm³/mol. The zero-order valence-corrected chi connectivity index (χ0v) is 8.38. The largest absolute Gasteiger partial charge is 0.314 e. The average Bonchev–Trinajstić information content (AvgIpc) is 2.71. The molecule has 0 radical (unpaired) electrons. The van der Waals surface area contributed by atoms with Gasteiger partial charge in [-0.1, -0.05) is 6.42 Å². The molecule has 3 heteroatoms. The van der Waals surface area contributed by atoms with E-state index in [1.54, 1.807) is 7.11 Å². The van der Waals surface area contributed by atoms with Crippen molar-refractivity contribution in [1.82, 2.24) is 10.8 Å². The van der Waals surface area contributed by atoms with E-state index >= 15 is 0 Å². The van der Waals surface area contributed by atoms with Crippen LogP contribution < -0.4 is 10.8 Å². The second-order valence-electron chi connectivity index (χ2n) is 4.23. The van der Waals surface area contributed by atoms with E-state index in [9.17, 15) is 0 Å². The van der Waals surface area contributed by atoms with Gasteiger partial charge >= 0.3 is 0 Å². The second-order valence-corrected chi connectivity index (χ2v) is 4.23. The quantitative estimate of drug-likeness (QED) is 0.643. The number of hydrogen-bond acceptors (Lipinski definition) is 3. The maximum atomic E-state index is 5.04. The molecule has 0 amide bonds. The highest BCUT2D eigenvalue weighted by atomic mass is 16.6. The summed E-state index contributed by atoms with van der Waals surface area (Å²) in [5.74, 6) is 0.794. The minimum absolute atomic E-state index is 0.584. The van der Waals surface area contributed by atoms with Crippen LogP contribution in [0.3, 0.4) is 0 Å². The highest BCUT2D eigenvalue weighted by Crippen LogP contribution is 2.31. The topological polar surface area (TPSA) is 33.3 Å². The number of hydroxylamine groups is 1. The number of nitrogens with one attached hydrogen (secondary N) is 2.